The monoisotopic (exact) mass is 209 g/mol. The Bertz CT molecular complexity index is 98.2. The average molecular weight is 210 g/mol. The van der Waals surface area contributed by atoms with Crippen LogP contribution in [0.2, 0.25) is 0 Å². The molecule has 1 nitrogen and oxygen atoms in total. The zero-order valence-corrected chi connectivity index (χ0v) is 7.65. The molecule has 0 amide bonds. The molecule has 0 fully saturated rings. The average Bonchev–Trinajstić information content (AvgIpc) is 1.80. The zero-order chi connectivity index (χ0) is 8.20. The Morgan fingerprint density at radius 1 is 1.45 bits per heavy atom. The number of hydrogen-bond acceptors (Lipinski definition) is 2. The van der Waals surface area contributed by atoms with Gasteiger partial charge < -0.3 is 5.73 Å². The van der Waals surface area contributed by atoms with Gasteiger partial charge in [0.15, 0.2) is 0 Å². The highest BCUT2D eigenvalue weighted by Gasteiger charge is 2.35. The minimum absolute atomic E-state index is 0. The van der Waals surface area contributed by atoms with E-state index in [1.54, 1.807) is 6.26 Å². The lowest BCUT2D eigenvalue weighted by molar-refractivity contribution is -0.147. The third-order valence-corrected chi connectivity index (χ3v) is 1.70. The first-order valence-electron chi connectivity index (χ1n) is 2.79. The number of halogens is 4. The van der Waals surface area contributed by atoms with E-state index in [9.17, 15) is 13.2 Å². The van der Waals surface area contributed by atoms with Crippen molar-refractivity contribution >= 4 is 24.2 Å². The normalized spacial score (nSPS) is 13.9. The Balaban J connectivity index is 0. The van der Waals surface area contributed by atoms with Crippen molar-refractivity contribution in [1.82, 2.24) is 0 Å². The highest BCUT2D eigenvalue weighted by atomic mass is 35.5. The SMILES string of the molecule is CSCCC(N)C(F)(F)F.Cl. The van der Waals surface area contributed by atoms with Crippen LogP contribution in [0.3, 0.4) is 0 Å². The van der Waals surface area contributed by atoms with Gasteiger partial charge in [0.1, 0.15) is 6.04 Å². The molecule has 0 aromatic carbocycles. The predicted molar refractivity (Wildman–Crippen MR) is 44.3 cm³/mol. The maximum Gasteiger partial charge on any atom is 0.403 e. The van der Waals surface area contributed by atoms with Gasteiger partial charge in [0.25, 0.3) is 0 Å². The van der Waals surface area contributed by atoms with Gasteiger partial charge in [-0.05, 0) is 18.4 Å². The molecule has 0 heterocycles. The van der Waals surface area contributed by atoms with Crippen molar-refractivity contribution in [2.75, 3.05) is 12.0 Å². The number of alkyl halides is 3. The van der Waals surface area contributed by atoms with E-state index in [1.807, 2.05) is 0 Å². The summed E-state index contributed by atoms with van der Waals surface area (Å²) in [6.45, 7) is 0. The first kappa shape index (κ1) is 13.9. The largest absolute Gasteiger partial charge is 0.403 e. The molecular formula is C5H11ClF3NS. The summed E-state index contributed by atoms with van der Waals surface area (Å²) in [7, 11) is 0. The van der Waals surface area contributed by atoms with E-state index in [0.717, 1.165) is 0 Å². The Hall–Kier alpha value is 0.390. The quantitative estimate of drug-likeness (QED) is 0.770. The van der Waals surface area contributed by atoms with E-state index in [-0.39, 0.29) is 18.8 Å². The first-order chi connectivity index (χ1) is 4.48. The summed E-state index contributed by atoms with van der Waals surface area (Å²) < 4.78 is 34.9. The zero-order valence-electron chi connectivity index (χ0n) is 6.02. The van der Waals surface area contributed by atoms with Crippen LogP contribution in [-0.4, -0.2) is 24.2 Å². The summed E-state index contributed by atoms with van der Waals surface area (Å²) >= 11 is 1.37. The van der Waals surface area contributed by atoms with E-state index >= 15 is 0 Å². The fraction of sp³-hybridized carbons (Fsp3) is 1.00. The van der Waals surface area contributed by atoms with Crippen LogP contribution in [0.25, 0.3) is 0 Å². The smallest absolute Gasteiger partial charge is 0.320 e. The van der Waals surface area contributed by atoms with Gasteiger partial charge in [-0.15, -0.1) is 12.4 Å². The lowest BCUT2D eigenvalue weighted by atomic mass is 10.2. The molecule has 0 rings (SSSR count). The van der Waals surface area contributed by atoms with Crippen molar-refractivity contribution in [2.24, 2.45) is 5.73 Å². The van der Waals surface area contributed by atoms with Crippen LogP contribution in [0.4, 0.5) is 13.2 Å². The minimum Gasteiger partial charge on any atom is -0.320 e. The van der Waals surface area contributed by atoms with Gasteiger partial charge in [-0.3, -0.25) is 0 Å². The lowest BCUT2D eigenvalue weighted by Crippen LogP contribution is -2.37. The van der Waals surface area contributed by atoms with E-state index < -0.39 is 12.2 Å². The Morgan fingerprint density at radius 2 is 1.91 bits per heavy atom. The summed E-state index contributed by atoms with van der Waals surface area (Å²) in [5, 5.41) is 0. The fourth-order valence-corrected chi connectivity index (χ4v) is 0.898. The van der Waals surface area contributed by atoms with Crippen molar-refractivity contribution < 1.29 is 13.2 Å². The molecule has 1 unspecified atom stereocenters. The molecular weight excluding hydrogens is 199 g/mol. The van der Waals surface area contributed by atoms with Crippen LogP contribution in [-0.2, 0) is 0 Å². The molecule has 0 spiro atoms. The Labute approximate surface area is 74.3 Å². The molecule has 11 heavy (non-hydrogen) atoms. The first-order valence-corrected chi connectivity index (χ1v) is 4.19. The van der Waals surface area contributed by atoms with Crippen molar-refractivity contribution in [2.45, 2.75) is 18.6 Å². The van der Waals surface area contributed by atoms with Crippen LogP contribution < -0.4 is 5.73 Å². The second kappa shape index (κ2) is 5.97. The molecule has 1 atom stereocenters. The van der Waals surface area contributed by atoms with E-state index in [1.165, 1.54) is 11.8 Å². The van der Waals surface area contributed by atoms with E-state index in [4.69, 9.17) is 5.73 Å². The molecule has 0 aromatic heterocycles. The molecule has 0 aliphatic carbocycles. The summed E-state index contributed by atoms with van der Waals surface area (Å²) in [6.07, 6.45) is -2.47. The second-order valence-electron chi connectivity index (χ2n) is 1.93. The molecule has 0 aliphatic heterocycles. The third-order valence-electron chi connectivity index (χ3n) is 1.05. The van der Waals surface area contributed by atoms with Gasteiger partial charge in [0.05, 0.1) is 0 Å². The van der Waals surface area contributed by atoms with Gasteiger partial charge in [0.2, 0.25) is 0 Å². The topological polar surface area (TPSA) is 26.0 Å². The summed E-state index contributed by atoms with van der Waals surface area (Å²) in [6, 6.07) is -1.65. The fourth-order valence-electron chi connectivity index (χ4n) is 0.408. The second-order valence-corrected chi connectivity index (χ2v) is 2.92. The van der Waals surface area contributed by atoms with Crippen molar-refractivity contribution in [3.63, 3.8) is 0 Å². The molecule has 0 radical (unpaired) electrons. The molecule has 0 saturated heterocycles. The van der Waals surface area contributed by atoms with Crippen LogP contribution in [0.5, 0.6) is 0 Å². The highest BCUT2D eigenvalue weighted by Crippen LogP contribution is 2.21. The molecule has 0 aliphatic rings. The maximum atomic E-state index is 11.6. The third kappa shape index (κ3) is 6.77. The van der Waals surface area contributed by atoms with Gasteiger partial charge in [-0.25, -0.2) is 0 Å². The summed E-state index contributed by atoms with van der Waals surface area (Å²) in [5.74, 6) is 0.459. The molecule has 6 heteroatoms. The van der Waals surface area contributed by atoms with Gasteiger partial charge >= 0.3 is 6.18 Å². The Kier molecular flexibility index (Phi) is 7.57. The Morgan fingerprint density at radius 3 is 2.18 bits per heavy atom. The highest BCUT2D eigenvalue weighted by molar-refractivity contribution is 7.98. The number of hydrogen-bond donors (Lipinski definition) is 1. The lowest BCUT2D eigenvalue weighted by Gasteiger charge is -2.13. The predicted octanol–water partition coefficient (Wildman–Crippen LogP) is 2.05. The maximum absolute atomic E-state index is 11.6. The van der Waals surface area contributed by atoms with Crippen molar-refractivity contribution in [1.29, 1.82) is 0 Å². The van der Waals surface area contributed by atoms with Gasteiger partial charge in [-0.1, -0.05) is 0 Å². The molecule has 70 valence electrons. The van der Waals surface area contributed by atoms with Crippen LogP contribution in [0.15, 0.2) is 0 Å². The van der Waals surface area contributed by atoms with Gasteiger partial charge in [0, 0.05) is 0 Å². The summed E-state index contributed by atoms with van der Waals surface area (Å²) in [4.78, 5) is 0. The van der Waals surface area contributed by atoms with E-state index in [0.29, 0.717) is 5.75 Å². The van der Waals surface area contributed by atoms with Crippen LogP contribution >= 0.6 is 24.2 Å². The number of rotatable bonds is 3. The summed E-state index contributed by atoms with van der Waals surface area (Å²) in [5.41, 5.74) is 4.80. The number of nitrogens with two attached hydrogens (primary N) is 1. The molecule has 0 saturated carbocycles. The minimum atomic E-state index is -4.23. The van der Waals surface area contributed by atoms with Crippen molar-refractivity contribution in [3.8, 4) is 0 Å². The van der Waals surface area contributed by atoms with Crippen LogP contribution in [0, 0.1) is 0 Å². The van der Waals surface area contributed by atoms with Crippen LogP contribution in [0.1, 0.15) is 6.42 Å². The molecule has 2 N–H and O–H groups in total. The standard InChI is InChI=1S/C5H10F3NS.ClH/c1-10-3-2-4(9)5(6,7)8;/h4H,2-3,9H2,1H3;1H. The molecule has 0 bridgehead atoms. The van der Waals surface area contributed by atoms with Gasteiger partial charge in [-0.2, -0.15) is 24.9 Å². The molecule has 0 aromatic rings. The number of thioether (sulfide) groups is 1. The van der Waals surface area contributed by atoms with E-state index in [2.05, 4.69) is 0 Å². The van der Waals surface area contributed by atoms with Crippen molar-refractivity contribution in [3.05, 3.63) is 0 Å².